The van der Waals surface area contributed by atoms with Gasteiger partial charge in [0.15, 0.2) is 23.9 Å². The molecule has 0 saturated heterocycles. The lowest BCUT2D eigenvalue weighted by Crippen LogP contribution is -2.34. The average molecular weight is 320 g/mol. The Morgan fingerprint density at radius 3 is 2.78 bits per heavy atom. The second kappa shape index (κ2) is 5.78. The van der Waals surface area contributed by atoms with Crippen LogP contribution in [0.1, 0.15) is 5.69 Å². The maximum absolute atomic E-state index is 12.1. The molecule has 4 rings (SSSR count). The number of rotatable bonds is 3. The molecule has 112 valence electrons. The van der Waals surface area contributed by atoms with Crippen LogP contribution < -0.4 is 10.1 Å². The summed E-state index contributed by atoms with van der Waals surface area (Å²) in [4.78, 5) is 17.3. The molecule has 1 aromatic carbocycles. The third-order valence-corrected chi connectivity index (χ3v) is 4.42. The Balaban J connectivity index is 1.69. The van der Waals surface area contributed by atoms with Crippen molar-refractivity contribution in [2.45, 2.75) is 6.54 Å². The molecule has 0 spiro atoms. The summed E-state index contributed by atoms with van der Waals surface area (Å²) in [7, 11) is 0. The molecule has 4 aromatic rings. The summed E-state index contributed by atoms with van der Waals surface area (Å²) in [6.45, 7) is 0.574. The van der Waals surface area contributed by atoms with Crippen molar-refractivity contribution in [3.05, 3.63) is 88.5 Å². The fourth-order valence-corrected chi connectivity index (χ4v) is 3.32. The zero-order chi connectivity index (χ0) is 15.6. The van der Waals surface area contributed by atoms with Crippen LogP contribution in [0, 0.1) is 0 Å². The van der Waals surface area contributed by atoms with Crippen molar-refractivity contribution in [1.29, 1.82) is 0 Å². The van der Waals surface area contributed by atoms with Gasteiger partial charge in [-0.3, -0.25) is 9.20 Å². The van der Waals surface area contributed by atoms with Gasteiger partial charge in [0.05, 0.1) is 0 Å². The van der Waals surface area contributed by atoms with Gasteiger partial charge in [-0.25, -0.2) is 4.98 Å². The molecule has 0 aliphatic carbocycles. The van der Waals surface area contributed by atoms with Crippen molar-refractivity contribution in [2.75, 3.05) is 0 Å². The lowest BCUT2D eigenvalue weighted by atomic mass is 10.1. The zero-order valence-electron chi connectivity index (χ0n) is 12.3. The van der Waals surface area contributed by atoms with Gasteiger partial charge in [0.25, 0.3) is 5.56 Å². The number of hydrogen-bond donors (Lipinski definition) is 0. The lowest BCUT2D eigenvalue weighted by Gasteiger charge is -2.02. The van der Waals surface area contributed by atoms with Crippen molar-refractivity contribution >= 4 is 16.3 Å². The minimum absolute atomic E-state index is 0.0361. The van der Waals surface area contributed by atoms with E-state index in [1.165, 1.54) is 16.9 Å². The Morgan fingerprint density at radius 2 is 1.91 bits per heavy atom. The minimum Gasteiger partial charge on any atom is -0.269 e. The smallest absolute Gasteiger partial charge is 0.258 e. The van der Waals surface area contributed by atoms with Crippen LogP contribution in [0.4, 0.5) is 0 Å². The molecule has 0 unspecified atom stereocenters. The number of nitrogens with zero attached hydrogens (tertiary/aromatic N) is 3. The van der Waals surface area contributed by atoms with Crippen LogP contribution in [0.25, 0.3) is 16.1 Å². The molecule has 0 saturated carbocycles. The van der Waals surface area contributed by atoms with E-state index in [0.717, 1.165) is 16.2 Å². The summed E-state index contributed by atoms with van der Waals surface area (Å²) in [6.07, 6.45) is 5.82. The normalized spacial score (nSPS) is 11.0. The van der Waals surface area contributed by atoms with E-state index in [2.05, 4.69) is 29.4 Å². The number of pyridine rings is 1. The van der Waals surface area contributed by atoms with E-state index in [1.54, 1.807) is 16.7 Å². The molecule has 4 nitrogen and oxygen atoms in total. The third kappa shape index (κ3) is 2.78. The van der Waals surface area contributed by atoms with Gasteiger partial charge in [-0.1, -0.05) is 30.3 Å². The van der Waals surface area contributed by atoms with Crippen LogP contribution in [0.2, 0.25) is 0 Å². The highest BCUT2D eigenvalue weighted by Crippen LogP contribution is 2.16. The summed E-state index contributed by atoms with van der Waals surface area (Å²) >= 11 is 1.47. The van der Waals surface area contributed by atoms with E-state index in [4.69, 9.17) is 0 Å². The fraction of sp³-hybridized carbons (Fsp3) is 0.0556. The first-order valence-corrected chi connectivity index (χ1v) is 8.18. The van der Waals surface area contributed by atoms with E-state index < -0.39 is 0 Å². The van der Waals surface area contributed by atoms with Crippen LogP contribution in [0.15, 0.2) is 77.3 Å². The second-order valence-electron chi connectivity index (χ2n) is 5.27. The first-order valence-electron chi connectivity index (χ1n) is 7.30. The lowest BCUT2D eigenvalue weighted by molar-refractivity contribution is -0.688. The van der Waals surface area contributed by atoms with E-state index in [-0.39, 0.29) is 5.56 Å². The van der Waals surface area contributed by atoms with Crippen LogP contribution in [0.5, 0.6) is 0 Å². The molecule has 0 bridgehead atoms. The van der Waals surface area contributed by atoms with Gasteiger partial charge in [-0.2, -0.15) is 4.57 Å². The van der Waals surface area contributed by atoms with E-state index in [9.17, 15) is 4.79 Å². The molecule has 0 fully saturated rings. The zero-order valence-corrected chi connectivity index (χ0v) is 13.1. The molecule has 0 amide bonds. The van der Waals surface area contributed by atoms with Gasteiger partial charge in [-0.05, 0) is 11.6 Å². The second-order valence-corrected chi connectivity index (χ2v) is 6.15. The standard InChI is InChI=1S/C18H14N3OS/c22-17-11-16(19-18-21(17)9-10-23-18)13-20-8-4-7-15(12-20)14-5-2-1-3-6-14/h1-12H,13H2/q+1. The van der Waals surface area contributed by atoms with Crippen LogP contribution >= 0.6 is 11.3 Å². The van der Waals surface area contributed by atoms with Crippen molar-refractivity contribution in [3.63, 3.8) is 0 Å². The predicted octanol–water partition coefficient (Wildman–Crippen LogP) is 2.76. The third-order valence-electron chi connectivity index (χ3n) is 3.67. The molecule has 0 atom stereocenters. The van der Waals surface area contributed by atoms with E-state index in [1.807, 2.05) is 40.4 Å². The fourth-order valence-electron chi connectivity index (χ4n) is 2.58. The van der Waals surface area contributed by atoms with Crippen molar-refractivity contribution < 1.29 is 4.57 Å². The number of fused-ring (bicyclic) bond motifs is 1. The van der Waals surface area contributed by atoms with Crippen molar-refractivity contribution in [1.82, 2.24) is 9.38 Å². The van der Waals surface area contributed by atoms with Crippen LogP contribution in [0.3, 0.4) is 0 Å². The highest BCUT2D eigenvalue weighted by Gasteiger charge is 2.10. The van der Waals surface area contributed by atoms with Crippen molar-refractivity contribution in [2.24, 2.45) is 0 Å². The van der Waals surface area contributed by atoms with Gasteiger partial charge >= 0.3 is 0 Å². The molecule has 5 heteroatoms. The van der Waals surface area contributed by atoms with Crippen LogP contribution in [-0.2, 0) is 6.54 Å². The van der Waals surface area contributed by atoms with Gasteiger partial charge in [-0.15, -0.1) is 11.3 Å². The largest absolute Gasteiger partial charge is 0.269 e. The topological polar surface area (TPSA) is 38.2 Å². The monoisotopic (exact) mass is 320 g/mol. The Hall–Kier alpha value is -2.79. The molecule has 3 aromatic heterocycles. The maximum Gasteiger partial charge on any atom is 0.258 e. The number of aromatic nitrogens is 3. The van der Waals surface area contributed by atoms with E-state index in [0.29, 0.717) is 6.54 Å². The maximum atomic E-state index is 12.1. The van der Waals surface area contributed by atoms with Gasteiger partial charge in [0.1, 0.15) is 5.69 Å². The Bertz CT molecular complexity index is 1020. The number of thiazole rings is 1. The molecular weight excluding hydrogens is 306 g/mol. The van der Waals surface area contributed by atoms with Gasteiger partial charge < -0.3 is 0 Å². The molecule has 0 aliphatic rings. The molecule has 0 radical (unpaired) electrons. The number of benzene rings is 1. The summed E-state index contributed by atoms with van der Waals surface area (Å²) in [5, 5.41) is 1.87. The predicted molar refractivity (Wildman–Crippen MR) is 90.5 cm³/mol. The van der Waals surface area contributed by atoms with E-state index >= 15 is 0 Å². The summed E-state index contributed by atoms with van der Waals surface area (Å²) in [5.74, 6) is 0. The van der Waals surface area contributed by atoms with Crippen LogP contribution in [-0.4, -0.2) is 9.38 Å². The summed E-state index contributed by atoms with van der Waals surface area (Å²) in [5.41, 5.74) is 3.05. The highest BCUT2D eigenvalue weighted by atomic mass is 32.1. The first kappa shape index (κ1) is 13.8. The Morgan fingerprint density at radius 1 is 1.09 bits per heavy atom. The Kier molecular flexibility index (Phi) is 3.48. The van der Waals surface area contributed by atoms with Crippen molar-refractivity contribution in [3.8, 4) is 11.1 Å². The highest BCUT2D eigenvalue weighted by molar-refractivity contribution is 7.15. The van der Waals surface area contributed by atoms with Gasteiger partial charge in [0, 0.05) is 29.3 Å². The molecular formula is C18H14N3OS+. The molecule has 23 heavy (non-hydrogen) atoms. The van der Waals surface area contributed by atoms with Gasteiger partial charge in [0.2, 0.25) is 0 Å². The quantitative estimate of drug-likeness (QED) is 0.544. The molecule has 0 N–H and O–H groups in total. The average Bonchev–Trinajstić information content (AvgIpc) is 3.05. The first-order chi connectivity index (χ1) is 11.3. The molecule has 3 heterocycles. The summed E-state index contributed by atoms with van der Waals surface area (Å²) in [6, 6.07) is 15.9. The Labute approximate surface area is 136 Å². The number of hydrogen-bond acceptors (Lipinski definition) is 3. The SMILES string of the molecule is O=c1cc(C[n+]2cccc(-c3ccccc3)c2)nc2sccn12. The minimum atomic E-state index is -0.0361. The molecule has 0 aliphatic heterocycles. The summed E-state index contributed by atoms with van der Waals surface area (Å²) < 4.78 is 3.62.